The van der Waals surface area contributed by atoms with Crippen molar-refractivity contribution in [2.45, 2.75) is 32.6 Å². The van der Waals surface area contributed by atoms with Gasteiger partial charge in [-0.25, -0.2) is 4.98 Å². The van der Waals surface area contributed by atoms with Gasteiger partial charge < -0.3 is 10.6 Å². The smallest absolute Gasteiger partial charge is 0.251 e. The third kappa shape index (κ3) is 4.63. The molecule has 5 heteroatoms. The molecule has 1 aromatic rings. The van der Waals surface area contributed by atoms with Crippen molar-refractivity contribution in [2.24, 2.45) is 5.92 Å². The fraction of sp³-hybridized carbons (Fsp3) is 0.625. The maximum Gasteiger partial charge on any atom is 0.251 e. The Hall–Kier alpha value is -1.23. The summed E-state index contributed by atoms with van der Waals surface area (Å²) in [5.74, 6) is 4.13. The minimum Gasteiger partial charge on any atom is -0.373 e. The Morgan fingerprint density at radius 3 is 2.71 bits per heavy atom. The van der Waals surface area contributed by atoms with E-state index < -0.39 is 0 Å². The van der Waals surface area contributed by atoms with Gasteiger partial charge in [-0.3, -0.25) is 4.79 Å². The van der Waals surface area contributed by atoms with Crippen molar-refractivity contribution in [1.82, 2.24) is 10.3 Å². The molecule has 2 N–H and O–H groups in total. The summed E-state index contributed by atoms with van der Waals surface area (Å²) < 4.78 is 0. The van der Waals surface area contributed by atoms with Gasteiger partial charge in [-0.05, 0) is 48.3 Å². The van der Waals surface area contributed by atoms with E-state index in [0.29, 0.717) is 17.4 Å². The summed E-state index contributed by atoms with van der Waals surface area (Å²) in [6.45, 7) is 4.96. The Bertz CT molecular complexity index is 484. The number of carbonyl (C=O) groups excluding carboxylic acids is 1. The van der Waals surface area contributed by atoms with Crippen molar-refractivity contribution in [3.8, 4) is 0 Å². The highest BCUT2D eigenvalue weighted by Gasteiger charge is 2.16. The zero-order valence-electron chi connectivity index (χ0n) is 13.1. The largest absolute Gasteiger partial charge is 0.373 e. The van der Waals surface area contributed by atoms with E-state index in [0.717, 1.165) is 18.1 Å². The van der Waals surface area contributed by atoms with Crippen LogP contribution in [-0.4, -0.2) is 36.0 Å². The van der Waals surface area contributed by atoms with Crippen LogP contribution in [0.25, 0.3) is 0 Å². The van der Waals surface area contributed by atoms with Crippen LogP contribution in [-0.2, 0) is 0 Å². The molecule has 0 atom stereocenters. The molecule has 2 heterocycles. The van der Waals surface area contributed by atoms with Gasteiger partial charge in [0.1, 0.15) is 5.82 Å². The number of aromatic nitrogens is 1. The summed E-state index contributed by atoms with van der Waals surface area (Å²) in [6, 6.07) is 3.72. The third-order valence-electron chi connectivity index (χ3n) is 3.85. The maximum atomic E-state index is 12.4. The van der Waals surface area contributed by atoms with E-state index in [1.54, 1.807) is 0 Å². The lowest BCUT2D eigenvalue weighted by Gasteiger charge is -2.21. The van der Waals surface area contributed by atoms with Crippen molar-refractivity contribution in [2.75, 3.05) is 30.4 Å². The van der Waals surface area contributed by atoms with Crippen LogP contribution in [0.15, 0.2) is 12.1 Å². The predicted octanol–water partition coefficient (Wildman–Crippen LogP) is 3.12. The lowest BCUT2D eigenvalue weighted by molar-refractivity contribution is 0.0946. The quantitative estimate of drug-likeness (QED) is 0.877. The number of hydrogen-bond acceptors (Lipinski definition) is 4. The first-order chi connectivity index (χ1) is 10.1. The number of amides is 1. The van der Waals surface area contributed by atoms with E-state index in [1.807, 2.05) is 30.9 Å². The fourth-order valence-electron chi connectivity index (χ4n) is 2.40. The van der Waals surface area contributed by atoms with Gasteiger partial charge in [-0.15, -0.1) is 0 Å². The van der Waals surface area contributed by atoms with Crippen molar-refractivity contribution in [1.29, 1.82) is 0 Å². The Kier molecular flexibility index (Phi) is 5.91. The molecule has 2 rings (SSSR count). The number of anilines is 1. The molecule has 0 aromatic carbocycles. The van der Waals surface area contributed by atoms with Crippen molar-refractivity contribution in [3.05, 3.63) is 23.4 Å². The van der Waals surface area contributed by atoms with Crippen LogP contribution < -0.4 is 10.6 Å². The number of hydrogen-bond donors (Lipinski definition) is 2. The molecule has 1 fully saturated rings. The molecule has 1 aromatic heterocycles. The molecule has 4 nitrogen and oxygen atoms in total. The van der Waals surface area contributed by atoms with Crippen LogP contribution in [0.2, 0.25) is 0 Å². The number of thioether (sulfide) groups is 1. The highest BCUT2D eigenvalue weighted by atomic mass is 32.2. The first-order valence-corrected chi connectivity index (χ1v) is 8.81. The van der Waals surface area contributed by atoms with E-state index in [2.05, 4.69) is 29.5 Å². The number of pyridine rings is 1. The van der Waals surface area contributed by atoms with Gasteiger partial charge in [0.2, 0.25) is 0 Å². The minimum absolute atomic E-state index is 0.00836. The fourth-order valence-corrected chi connectivity index (χ4v) is 3.60. The first-order valence-electron chi connectivity index (χ1n) is 7.66. The summed E-state index contributed by atoms with van der Waals surface area (Å²) in [5.41, 5.74) is 1.64. The van der Waals surface area contributed by atoms with Gasteiger partial charge in [0.15, 0.2) is 0 Å². The molecule has 116 valence electrons. The minimum atomic E-state index is 0.00836. The standard InChI is InChI=1S/C16H25N3OS/c1-11(2)14-8-13(9-15(17-3)19-14)16(20)18-10-12-4-6-21-7-5-12/h8-9,11-12H,4-7,10H2,1-3H3,(H,17,19)(H,18,20). The first kappa shape index (κ1) is 16.1. The molecule has 1 saturated heterocycles. The second-order valence-electron chi connectivity index (χ2n) is 5.84. The second kappa shape index (κ2) is 7.69. The molecule has 0 aliphatic carbocycles. The zero-order valence-corrected chi connectivity index (χ0v) is 13.9. The molecule has 0 saturated carbocycles. The number of nitrogens with one attached hydrogen (secondary N) is 2. The Balaban J connectivity index is 2.02. The maximum absolute atomic E-state index is 12.4. The molecule has 0 bridgehead atoms. The number of nitrogens with zero attached hydrogens (tertiary/aromatic N) is 1. The van der Waals surface area contributed by atoms with Gasteiger partial charge in [0.05, 0.1) is 0 Å². The van der Waals surface area contributed by atoms with Crippen molar-refractivity contribution < 1.29 is 4.79 Å². The molecule has 21 heavy (non-hydrogen) atoms. The van der Waals surface area contributed by atoms with E-state index in [4.69, 9.17) is 0 Å². The molecule has 0 spiro atoms. The van der Waals surface area contributed by atoms with Crippen LogP contribution in [0.4, 0.5) is 5.82 Å². The van der Waals surface area contributed by atoms with Crippen LogP contribution in [0, 0.1) is 5.92 Å². The Morgan fingerprint density at radius 2 is 2.10 bits per heavy atom. The molecule has 0 unspecified atom stereocenters. The molecule has 1 aliphatic rings. The van der Waals surface area contributed by atoms with Crippen molar-refractivity contribution >= 4 is 23.5 Å². The van der Waals surface area contributed by atoms with E-state index in [1.165, 1.54) is 24.3 Å². The van der Waals surface area contributed by atoms with Gasteiger partial charge in [-0.2, -0.15) is 11.8 Å². The van der Waals surface area contributed by atoms with E-state index in [9.17, 15) is 4.79 Å². The summed E-state index contributed by atoms with van der Waals surface area (Å²) in [6.07, 6.45) is 2.42. The van der Waals surface area contributed by atoms with Gasteiger partial charge in [0.25, 0.3) is 5.91 Å². The summed E-state index contributed by atoms with van der Waals surface area (Å²) in [4.78, 5) is 16.8. The molecule has 1 amide bonds. The Morgan fingerprint density at radius 1 is 1.38 bits per heavy atom. The van der Waals surface area contributed by atoms with Crippen LogP contribution in [0.3, 0.4) is 0 Å². The highest BCUT2D eigenvalue weighted by molar-refractivity contribution is 7.99. The number of carbonyl (C=O) groups is 1. The predicted molar refractivity (Wildman–Crippen MR) is 90.3 cm³/mol. The third-order valence-corrected chi connectivity index (χ3v) is 4.90. The normalized spacial score (nSPS) is 16.0. The van der Waals surface area contributed by atoms with E-state index in [-0.39, 0.29) is 5.91 Å². The monoisotopic (exact) mass is 307 g/mol. The SMILES string of the molecule is CNc1cc(C(=O)NCC2CCSCC2)cc(C(C)C)n1. The van der Waals surface area contributed by atoms with Gasteiger partial charge in [-0.1, -0.05) is 13.8 Å². The van der Waals surface area contributed by atoms with Crippen LogP contribution in [0.1, 0.15) is 48.7 Å². The lowest BCUT2D eigenvalue weighted by Crippen LogP contribution is -2.31. The summed E-state index contributed by atoms with van der Waals surface area (Å²) >= 11 is 2.01. The molecule has 1 aliphatic heterocycles. The molecule has 0 radical (unpaired) electrons. The lowest BCUT2D eigenvalue weighted by atomic mass is 10.0. The topological polar surface area (TPSA) is 54.0 Å². The molecular formula is C16H25N3OS. The highest BCUT2D eigenvalue weighted by Crippen LogP contribution is 2.22. The van der Waals surface area contributed by atoms with Gasteiger partial charge >= 0.3 is 0 Å². The zero-order chi connectivity index (χ0) is 15.2. The molecular weight excluding hydrogens is 282 g/mol. The Labute approximate surface area is 131 Å². The van der Waals surface area contributed by atoms with Crippen LogP contribution >= 0.6 is 11.8 Å². The second-order valence-corrected chi connectivity index (χ2v) is 7.06. The van der Waals surface area contributed by atoms with E-state index >= 15 is 0 Å². The average Bonchev–Trinajstić information content (AvgIpc) is 2.53. The van der Waals surface area contributed by atoms with Crippen LogP contribution in [0.5, 0.6) is 0 Å². The van der Waals surface area contributed by atoms with Gasteiger partial charge in [0, 0.05) is 24.8 Å². The summed E-state index contributed by atoms with van der Waals surface area (Å²) in [7, 11) is 1.83. The average molecular weight is 307 g/mol. The van der Waals surface area contributed by atoms with Crippen molar-refractivity contribution in [3.63, 3.8) is 0 Å². The summed E-state index contributed by atoms with van der Waals surface area (Å²) in [5, 5.41) is 6.11. The number of rotatable bonds is 5.